The van der Waals surface area contributed by atoms with Crippen molar-refractivity contribution in [2.45, 2.75) is 27.7 Å². The molecule has 1 aliphatic rings. The third kappa shape index (κ3) is 3.22. The molecular weight excluding hydrogens is 276 g/mol. The molecule has 2 aromatic rings. The smallest absolute Gasteiger partial charge is 0.00324 e. The first-order valence-corrected chi connectivity index (χ1v) is 8.15. The van der Waals surface area contributed by atoms with Gasteiger partial charge in [-0.1, -0.05) is 87.5 Å². The van der Waals surface area contributed by atoms with Crippen molar-refractivity contribution in [3.8, 4) is 0 Å². The monoisotopic (exact) mass is 299 g/mol. The van der Waals surface area contributed by atoms with Crippen LogP contribution in [0.4, 0.5) is 0 Å². The topological polar surface area (TPSA) is 0 Å². The van der Waals surface area contributed by atoms with Crippen LogP contribution in [0, 0.1) is 11.5 Å². The molecule has 23 heavy (non-hydrogen) atoms. The van der Waals surface area contributed by atoms with E-state index >= 15 is 0 Å². The van der Waals surface area contributed by atoms with Gasteiger partial charge in [0.25, 0.3) is 0 Å². The molecular formula is C23H23. The van der Waals surface area contributed by atoms with Crippen LogP contribution in [-0.4, -0.2) is 0 Å². The standard InChI is InChI=1S/C23H23/c1-17-15-20(16-21(17)23(2,3)4)22(18-11-7-5-8-12-18)19-13-9-6-10-14-19/h5-15H,1-4H3. The molecule has 0 amide bonds. The molecule has 0 spiro atoms. The van der Waals surface area contributed by atoms with Crippen LogP contribution in [0.5, 0.6) is 0 Å². The van der Waals surface area contributed by atoms with Crippen molar-refractivity contribution >= 4 is 5.57 Å². The Hall–Kier alpha value is -2.34. The van der Waals surface area contributed by atoms with Crippen LogP contribution in [0.15, 0.2) is 83.5 Å². The highest BCUT2D eigenvalue weighted by Gasteiger charge is 2.24. The largest absolute Gasteiger partial charge is 0.0622 e. The lowest BCUT2D eigenvalue weighted by Crippen LogP contribution is -2.08. The molecule has 1 aliphatic carbocycles. The zero-order valence-corrected chi connectivity index (χ0v) is 14.4. The maximum atomic E-state index is 3.68. The summed E-state index contributed by atoms with van der Waals surface area (Å²) < 4.78 is 0. The van der Waals surface area contributed by atoms with E-state index in [4.69, 9.17) is 0 Å². The summed E-state index contributed by atoms with van der Waals surface area (Å²) in [5.41, 5.74) is 7.64. The summed E-state index contributed by atoms with van der Waals surface area (Å²) in [5.74, 6) is 0. The van der Waals surface area contributed by atoms with E-state index in [-0.39, 0.29) is 5.41 Å². The van der Waals surface area contributed by atoms with Crippen LogP contribution in [0.25, 0.3) is 5.57 Å². The number of benzene rings is 2. The van der Waals surface area contributed by atoms with Crippen LogP contribution in [0.1, 0.15) is 38.8 Å². The van der Waals surface area contributed by atoms with Gasteiger partial charge in [0.1, 0.15) is 0 Å². The number of hydrogen-bond acceptors (Lipinski definition) is 0. The Bertz CT molecular complexity index is 737. The normalized spacial score (nSPS) is 14.5. The van der Waals surface area contributed by atoms with Gasteiger partial charge in [-0.05, 0) is 51.8 Å². The van der Waals surface area contributed by atoms with Crippen LogP contribution < -0.4 is 0 Å². The molecule has 0 bridgehead atoms. The van der Waals surface area contributed by atoms with E-state index < -0.39 is 0 Å². The molecule has 0 atom stereocenters. The highest BCUT2D eigenvalue weighted by molar-refractivity contribution is 5.86. The summed E-state index contributed by atoms with van der Waals surface area (Å²) in [6.07, 6.45) is 5.96. The predicted molar refractivity (Wildman–Crippen MR) is 98.9 cm³/mol. The molecule has 115 valence electrons. The van der Waals surface area contributed by atoms with Crippen molar-refractivity contribution in [3.05, 3.63) is 101 Å². The number of rotatable bonds is 2. The van der Waals surface area contributed by atoms with Gasteiger partial charge in [-0.15, -0.1) is 0 Å². The lowest BCUT2D eigenvalue weighted by molar-refractivity contribution is 0.510. The summed E-state index contributed by atoms with van der Waals surface area (Å²) in [6, 6.07) is 21.2. The Morgan fingerprint density at radius 2 is 1.26 bits per heavy atom. The zero-order chi connectivity index (χ0) is 16.4. The quantitative estimate of drug-likeness (QED) is 0.617. The van der Waals surface area contributed by atoms with E-state index in [0.29, 0.717) is 0 Å². The third-order valence-electron chi connectivity index (χ3n) is 4.16. The Morgan fingerprint density at radius 3 is 1.65 bits per heavy atom. The summed E-state index contributed by atoms with van der Waals surface area (Å²) >= 11 is 0. The zero-order valence-electron chi connectivity index (χ0n) is 14.4. The molecule has 1 radical (unpaired) electrons. The predicted octanol–water partition coefficient (Wildman–Crippen LogP) is 6.22. The Balaban J connectivity index is 2.24. The summed E-state index contributed by atoms with van der Waals surface area (Å²) in [7, 11) is 0. The molecule has 0 saturated heterocycles. The molecule has 0 heteroatoms. The van der Waals surface area contributed by atoms with Crippen molar-refractivity contribution < 1.29 is 0 Å². The number of allylic oxidation sites excluding steroid dienone is 5. The van der Waals surface area contributed by atoms with Gasteiger partial charge in [-0.25, -0.2) is 0 Å². The highest BCUT2D eigenvalue weighted by atomic mass is 14.3. The molecule has 2 aromatic carbocycles. The van der Waals surface area contributed by atoms with E-state index in [2.05, 4.69) is 101 Å². The fourth-order valence-electron chi connectivity index (χ4n) is 3.16. The van der Waals surface area contributed by atoms with Gasteiger partial charge in [-0.2, -0.15) is 0 Å². The van der Waals surface area contributed by atoms with E-state index in [1.807, 2.05) is 0 Å². The van der Waals surface area contributed by atoms with Crippen molar-refractivity contribution in [1.29, 1.82) is 0 Å². The van der Waals surface area contributed by atoms with Gasteiger partial charge >= 0.3 is 0 Å². The van der Waals surface area contributed by atoms with Gasteiger partial charge < -0.3 is 0 Å². The molecule has 0 nitrogen and oxygen atoms in total. The van der Waals surface area contributed by atoms with Crippen LogP contribution in [0.2, 0.25) is 0 Å². The molecule has 0 fully saturated rings. The van der Waals surface area contributed by atoms with Crippen LogP contribution >= 0.6 is 0 Å². The van der Waals surface area contributed by atoms with Gasteiger partial charge in [0.15, 0.2) is 0 Å². The molecule has 0 N–H and O–H groups in total. The Morgan fingerprint density at radius 1 is 0.783 bits per heavy atom. The molecule has 0 unspecified atom stereocenters. The van der Waals surface area contributed by atoms with Crippen LogP contribution in [0.3, 0.4) is 0 Å². The minimum absolute atomic E-state index is 0.112. The average Bonchev–Trinajstić information content (AvgIpc) is 2.91. The summed E-state index contributed by atoms with van der Waals surface area (Å²) in [4.78, 5) is 0. The fourth-order valence-corrected chi connectivity index (χ4v) is 3.16. The minimum atomic E-state index is 0.112. The lowest BCUT2D eigenvalue weighted by atomic mass is 9.84. The average molecular weight is 299 g/mol. The minimum Gasteiger partial charge on any atom is -0.0622 e. The van der Waals surface area contributed by atoms with Crippen LogP contribution in [-0.2, 0) is 0 Å². The lowest BCUT2D eigenvalue weighted by Gasteiger charge is -2.21. The summed E-state index contributed by atoms with van der Waals surface area (Å²) in [5, 5.41) is 0. The molecule has 0 saturated carbocycles. The van der Waals surface area contributed by atoms with Gasteiger partial charge in [-0.3, -0.25) is 0 Å². The summed E-state index contributed by atoms with van der Waals surface area (Å²) in [6.45, 7) is 8.94. The highest BCUT2D eigenvalue weighted by Crippen LogP contribution is 2.39. The molecule has 0 heterocycles. The van der Waals surface area contributed by atoms with Crippen molar-refractivity contribution in [3.63, 3.8) is 0 Å². The van der Waals surface area contributed by atoms with Gasteiger partial charge in [0, 0.05) is 0 Å². The Kier molecular flexibility index (Phi) is 4.09. The first kappa shape index (κ1) is 15.6. The van der Waals surface area contributed by atoms with Crippen molar-refractivity contribution in [1.82, 2.24) is 0 Å². The molecule has 0 aliphatic heterocycles. The second kappa shape index (κ2) is 6.04. The van der Waals surface area contributed by atoms with E-state index in [1.54, 1.807) is 0 Å². The van der Waals surface area contributed by atoms with Crippen molar-refractivity contribution in [2.24, 2.45) is 5.41 Å². The van der Waals surface area contributed by atoms with Gasteiger partial charge in [0.2, 0.25) is 0 Å². The van der Waals surface area contributed by atoms with E-state index in [0.717, 1.165) is 0 Å². The Labute approximate surface area is 139 Å². The number of hydrogen-bond donors (Lipinski definition) is 0. The molecule has 3 rings (SSSR count). The maximum absolute atomic E-state index is 3.68. The SMILES string of the molecule is CC1=CC(=C(c2ccccc2)c2ccccc2)[C]=C1C(C)(C)C. The molecule has 0 aromatic heterocycles. The van der Waals surface area contributed by atoms with E-state index in [1.165, 1.54) is 33.4 Å². The first-order valence-electron chi connectivity index (χ1n) is 8.15. The fraction of sp³-hybridized carbons (Fsp3) is 0.217. The first-order chi connectivity index (χ1) is 11.0. The second-order valence-corrected chi connectivity index (χ2v) is 7.10. The van der Waals surface area contributed by atoms with Crippen molar-refractivity contribution in [2.75, 3.05) is 0 Å². The third-order valence-corrected chi connectivity index (χ3v) is 4.16. The van der Waals surface area contributed by atoms with Gasteiger partial charge in [0.05, 0.1) is 0 Å². The van der Waals surface area contributed by atoms with E-state index in [9.17, 15) is 0 Å². The second-order valence-electron chi connectivity index (χ2n) is 7.10. The maximum Gasteiger partial charge on any atom is -0.00324 e.